The molecule has 1 rings (SSSR count). The molecule has 3 nitrogen and oxygen atoms in total. The predicted octanol–water partition coefficient (Wildman–Crippen LogP) is 2.68. The Morgan fingerprint density at radius 1 is 1.44 bits per heavy atom. The van der Waals surface area contributed by atoms with Crippen LogP contribution in [-0.2, 0) is 11.2 Å². The number of hydrogen-bond acceptors (Lipinski definition) is 2. The summed E-state index contributed by atoms with van der Waals surface area (Å²) in [6.07, 6.45) is 3.10. The van der Waals surface area contributed by atoms with E-state index >= 15 is 0 Å². The molecule has 100 valence electrons. The normalized spacial score (nSPS) is 10.2. The Bertz CT molecular complexity index is 393. The third kappa shape index (κ3) is 4.73. The van der Waals surface area contributed by atoms with Crippen LogP contribution in [0.1, 0.15) is 31.7 Å². The van der Waals surface area contributed by atoms with E-state index < -0.39 is 0 Å². The highest BCUT2D eigenvalue weighted by Crippen LogP contribution is 2.17. The molecule has 0 unspecified atom stereocenters. The zero-order chi connectivity index (χ0) is 13.4. The van der Waals surface area contributed by atoms with Gasteiger partial charge in [-0.15, -0.1) is 0 Å². The zero-order valence-electron chi connectivity index (χ0n) is 11.0. The minimum absolute atomic E-state index is 0.0610. The van der Waals surface area contributed by atoms with Crippen molar-refractivity contribution >= 4 is 5.91 Å². The van der Waals surface area contributed by atoms with Gasteiger partial charge in [0, 0.05) is 13.0 Å². The maximum Gasteiger partial charge on any atom is 0.220 e. The lowest BCUT2D eigenvalue weighted by Gasteiger charge is -2.06. The molecule has 18 heavy (non-hydrogen) atoms. The van der Waals surface area contributed by atoms with Gasteiger partial charge < -0.3 is 10.1 Å². The maximum absolute atomic E-state index is 13.4. The van der Waals surface area contributed by atoms with Crippen LogP contribution < -0.4 is 10.1 Å². The van der Waals surface area contributed by atoms with Gasteiger partial charge in [-0.25, -0.2) is 4.39 Å². The number of nitrogens with one attached hydrogen (secondary N) is 1. The molecule has 0 aliphatic rings. The lowest BCUT2D eigenvalue weighted by atomic mass is 10.1. The number of carbonyl (C=O) groups excluding carboxylic acids is 1. The van der Waals surface area contributed by atoms with Gasteiger partial charge in [0.1, 0.15) is 0 Å². The minimum Gasteiger partial charge on any atom is -0.494 e. The summed E-state index contributed by atoms with van der Waals surface area (Å²) in [6.45, 7) is 2.59. The third-order valence-electron chi connectivity index (χ3n) is 2.71. The topological polar surface area (TPSA) is 38.3 Å². The highest BCUT2D eigenvalue weighted by atomic mass is 19.1. The molecule has 1 aromatic rings. The van der Waals surface area contributed by atoms with Gasteiger partial charge in [0.2, 0.25) is 5.91 Å². The number of carbonyl (C=O) groups is 1. The Kier molecular flexibility index (Phi) is 6.19. The summed E-state index contributed by atoms with van der Waals surface area (Å²) in [5, 5.41) is 2.82. The number of benzene rings is 1. The molecular weight excluding hydrogens is 233 g/mol. The number of amides is 1. The Morgan fingerprint density at radius 3 is 2.83 bits per heavy atom. The Labute approximate surface area is 107 Å². The van der Waals surface area contributed by atoms with Crippen molar-refractivity contribution in [1.29, 1.82) is 0 Å². The van der Waals surface area contributed by atoms with Gasteiger partial charge in [0.15, 0.2) is 11.6 Å². The molecule has 0 aromatic heterocycles. The fourth-order valence-corrected chi connectivity index (χ4v) is 1.64. The van der Waals surface area contributed by atoms with E-state index in [1.54, 1.807) is 12.1 Å². The standard InChI is InChI=1S/C14H20FNO2/c1-3-4-5-14(17)16-9-8-11-6-7-13(18-2)12(15)10-11/h6-7,10H,3-5,8-9H2,1-2H3,(H,16,17). The fourth-order valence-electron chi connectivity index (χ4n) is 1.64. The lowest BCUT2D eigenvalue weighted by molar-refractivity contribution is -0.121. The number of halogens is 1. The van der Waals surface area contributed by atoms with E-state index in [4.69, 9.17) is 4.74 Å². The van der Waals surface area contributed by atoms with Crippen molar-refractivity contribution in [2.24, 2.45) is 0 Å². The van der Waals surface area contributed by atoms with Crippen molar-refractivity contribution in [2.45, 2.75) is 32.6 Å². The Hall–Kier alpha value is -1.58. The van der Waals surface area contributed by atoms with Crippen LogP contribution >= 0.6 is 0 Å². The molecule has 1 amide bonds. The SMILES string of the molecule is CCCCC(=O)NCCc1ccc(OC)c(F)c1. The van der Waals surface area contributed by atoms with E-state index in [1.165, 1.54) is 13.2 Å². The second-order valence-corrected chi connectivity index (χ2v) is 4.17. The van der Waals surface area contributed by atoms with Gasteiger partial charge in [0.05, 0.1) is 7.11 Å². The molecule has 0 heterocycles. The van der Waals surface area contributed by atoms with E-state index in [2.05, 4.69) is 5.32 Å². The highest BCUT2D eigenvalue weighted by Gasteiger charge is 2.04. The first-order chi connectivity index (χ1) is 8.67. The Morgan fingerprint density at radius 2 is 2.22 bits per heavy atom. The van der Waals surface area contributed by atoms with E-state index in [-0.39, 0.29) is 17.5 Å². The van der Waals surface area contributed by atoms with E-state index in [0.717, 1.165) is 18.4 Å². The molecule has 0 radical (unpaired) electrons. The first-order valence-corrected chi connectivity index (χ1v) is 6.26. The van der Waals surface area contributed by atoms with Crippen molar-refractivity contribution in [2.75, 3.05) is 13.7 Å². The molecule has 1 N–H and O–H groups in total. The smallest absolute Gasteiger partial charge is 0.220 e. The molecule has 0 spiro atoms. The van der Waals surface area contributed by atoms with Crippen LogP contribution in [0.15, 0.2) is 18.2 Å². The number of methoxy groups -OCH3 is 1. The molecular formula is C14H20FNO2. The first kappa shape index (κ1) is 14.5. The second kappa shape index (κ2) is 7.69. The van der Waals surface area contributed by atoms with E-state index in [1.807, 2.05) is 6.92 Å². The molecule has 0 fully saturated rings. The number of rotatable bonds is 7. The van der Waals surface area contributed by atoms with Crippen LogP contribution in [0, 0.1) is 5.82 Å². The molecule has 4 heteroatoms. The average molecular weight is 253 g/mol. The molecule has 0 bridgehead atoms. The Balaban J connectivity index is 2.35. The highest BCUT2D eigenvalue weighted by molar-refractivity contribution is 5.75. The summed E-state index contributed by atoms with van der Waals surface area (Å²) < 4.78 is 18.2. The molecule has 1 aromatic carbocycles. The van der Waals surface area contributed by atoms with Crippen LogP contribution in [0.4, 0.5) is 4.39 Å². The summed E-state index contributed by atoms with van der Waals surface area (Å²) >= 11 is 0. The maximum atomic E-state index is 13.4. The van der Waals surface area contributed by atoms with Crippen molar-refractivity contribution in [3.63, 3.8) is 0 Å². The first-order valence-electron chi connectivity index (χ1n) is 6.26. The molecule has 0 aliphatic carbocycles. The van der Waals surface area contributed by atoms with Crippen molar-refractivity contribution in [1.82, 2.24) is 5.32 Å². The zero-order valence-corrected chi connectivity index (χ0v) is 11.0. The summed E-state index contributed by atoms with van der Waals surface area (Å²) in [4.78, 5) is 11.4. The van der Waals surface area contributed by atoms with Gasteiger partial charge in [0.25, 0.3) is 0 Å². The minimum atomic E-state index is -0.368. The van der Waals surface area contributed by atoms with Gasteiger partial charge in [-0.2, -0.15) is 0 Å². The van der Waals surface area contributed by atoms with E-state index in [0.29, 0.717) is 19.4 Å². The van der Waals surface area contributed by atoms with Crippen molar-refractivity contribution in [3.05, 3.63) is 29.6 Å². The summed E-state index contributed by atoms with van der Waals surface area (Å²) in [6, 6.07) is 4.85. The molecule has 0 aliphatic heterocycles. The largest absolute Gasteiger partial charge is 0.494 e. The summed E-state index contributed by atoms with van der Waals surface area (Å²) in [5.74, 6) is -0.0659. The lowest BCUT2D eigenvalue weighted by Crippen LogP contribution is -2.25. The van der Waals surface area contributed by atoms with Crippen LogP contribution in [-0.4, -0.2) is 19.6 Å². The van der Waals surface area contributed by atoms with E-state index in [9.17, 15) is 9.18 Å². The van der Waals surface area contributed by atoms with Crippen LogP contribution in [0.25, 0.3) is 0 Å². The van der Waals surface area contributed by atoms with Crippen LogP contribution in [0.3, 0.4) is 0 Å². The third-order valence-corrected chi connectivity index (χ3v) is 2.71. The van der Waals surface area contributed by atoms with Gasteiger partial charge >= 0.3 is 0 Å². The average Bonchev–Trinajstić information content (AvgIpc) is 2.36. The van der Waals surface area contributed by atoms with Crippen LogP contribution in [0.5, 0.6) is 5.75 Å². The van der Waals surface area contributed by atoms with Crippen LogP contribution in [0.2, 0.25) is 0 Å². The van der Waals surface area contributed by atoms with Gasteiger partial charge in [-0.05, 0) is 30.5 Å². The van der Waals surface area contributed by atoms with Gasteiger partial charge in [-0.1, -0.05) is 19.4 Å². The quantitative estimate of drug-likeness (QED) is 0.811. The molecule has 0 saturated carbocycles. The molecule has 0 atom stereocenters. The monoisotopic (exact) mass is 253 g/mol. The summed E-state index contributed by atoms with van der Waals surface area (Å²) in [7, 11) is 1.44. The van der Waals surface area contributed by atoms with Crippen molar-refractivity contribution < 1.29 is 13.9 Å². The fraction of sp³-hybridized carbons (Fsp3) is 0.500. The number of unbranched alkanes of at least 4 members (excludes halogenated alkanes) is 1. The summed E-state index contributed by atoms with van der Waals surface area (Å²) in [5.41, 5.74) is 0.851. The predicted molar refractivity (Wildman–Crippen MR) is 69.2 cm³/mol. The molecule has 0 saturated heterocycles. The number of hydrogen-bond donors (Lipinski definition) is 1. The van der Waals surface area contributed by atoms with Gasteiger partial charge in [-0.3, -0.25) is 4.79 Å². The van der Waals surface area contributed by atoms with Crippen molar-refractivity contribution in [3.8, 4) is 5.75 Å². The number of ether oxygens (including phenoxy) is 1. The second-order valence-electron chi connectivity index (χ2n) is 4.17.